The number of alkyl halides is 3. The van der Waals surface area contributed by atoms with Crippen LogP contribution in [0.5, 0.6) is 0 Å². The lowest BCUT2D eigenvalue weighted by Crippen LogP contribution is -2.44. The summed E-state index contributed by atoms with van der Waals surface area (Å²) < 4.78 is 57.1. The fraction of sp³-hybridized carbons (Fsp3) is 0.346. The molecular formula is C26H26BrF4N3O3. The molecule has 0 aliphatic heterocycles. The molecule has 11 heteroatoms. The first-order valence-electron chi connectivity index (χ1n) is 11.5. The van der Waals surface area contributed by atoms with Crippen LogP contribution in [-0.4, -0.2) is 21.5 Å². The second kappa shape index (κ2) is 12.0. The average molecular weight is 584 g/mol. The van der Waals surface area contributed by atoms with Gasteiger partial charge in [-0.05, 0) is 60.4 Å². The second-order valence-corrected chi connectivity index (χ2v) is 9.46. The van der Waals surface area contributed by atoms with Gasteiger partial charge in [-0.25, -0.2) is 9.18 Å². The van der Waals surface area contributed by atoms with E-state index in [2.05, 4.69) is 21.2 Å². The molecule has 1 atom stereocenters. The molecule has 0 amide bonds. The van der Waals surface area contributed by atoms with Crippen molar-refractivity contribution in [3.8, 4) is 0 Å². The number of hydrogen-bond donors (Lipinski definition) is 1. The number of carbonyl (C=O) groups is 1. The van der Waals surface area contributed by atoms with Crippen molar-refractivity contribution >= 4 is 21.7 Å². The zero-order valence-corrected chi connectivity index (χ0v) is 21.8. The first kappa shape index (κ1) is 28.5. The molecule has 6 nitrogen and oxygen atoms in total. The fourth-order valence-electron chi connectivity index (χ4n) is 4.03. The van der Waals surface area contributed by atoms with Crippen LogP contribution in [0.4, 0.5) is 17.6 Å². The van der Waals surface area contributed by atoms with E-state index in [0.717, 1.165) is 32.9 Å². The normalized spacial score (nSPS) is 12.5. The molecule has 1 heterocycles. The summed E-state index contributed by atoms with van der Waals surface area (Å²) >= 11 is 3.16. The van der Waals surface area contributed by atoms with Crippen LogP contribution in [-0.2, 0) is 24.1 Å². The van der Waals surface area contributed by atoms with Crippen LogP contribution in [0.3, 0.4) is 0 Å². The van der Waals surface area contributed by atoms with E-state index in [0.29, 0.717) is 19.4 Å². The van der Waals surface area contributed by atoms with Crippen LogP contribution in [0.25, 0.3) is 0 Å². The van der Waals surface area contributed by atoms with Crippen molar-refractivity contribution in [2.24, 2.45) is 0 Å². The minimum absolute atomic E-state index is 0.0135. The topological polar surface area (TPSA) is 73.1 Å². The molecule has 0 aliphatic rings. The Bertz CT molecular complexity index is 1380. The van der Waals surface area contributed by atoms with Gasteiger partial charge >= 0.3 is 11.9 Å². The van der Waals surface area contributed by atoms with Crippen molar-refractivity contribution < 1.29 is 22.4 Å². The van der Waals surface area contributed by atoms with Crippen LogP contribution in [0.1, 0.15) is 48.2 Å². The van der Waals surface area contributed by atoms with Crippen LogP contribution in [0.15, 0.2) is 62.6 Å². The maximum absolute atomic E-state index is 14.5. The quantitative estimate of drug-likeness (QED) is 0.270. The van der Waals surface area contributed by atoms with E-state index in [-0.39, 0.29) is 22.5 Å². The zero-order valence-electron chi connectivity index (χ0n) is 20.2. The number of benzene rings is 2. The Morgan fingerprint density at radius 2 is 1.73 bits per heavy atom. The van der Waals surface area contributed by atoms with Crippen molar-refractivity contribution in [2.75, 3.05) is 6.54 Å². The molecule has 0 saturated heterocycles. The molecule has 0 spiro atoms. The van der Waals surface area contributed by atoms with Gasteiger partial charge in [0.15, 0.2) is 0 Å². The molecule has 0 radical (unpaired) electrons. The van der Waals surface area contributed by atoms with Crippen molar-refractivity contribution in [2.45, 2.75) is 52.0 Å². The Morgan fingerprint density at radius 1 is 1.05 bits per heavy atom. The van der Waals surface area contributed by atoms with Gasteiger partial charge in [-0.2, -0.15) is 13.2 Å². The third-order valence-corrected chi connectivity index (χ3v) is 6.93. The highest BCUT2D eigenvalue weighted by molar-refractivity contribution is 9.10. The Morgan fingerprint density at radius 3 is 2.35 bits per heavy atom. The van der Waals surface area contributed by atoms with Gasteiger partial charge in [0.2, 0.25) is 0 Å². The molecule has 2 aromatic carbocycles. The van der Waals surface area contributed by atoms with Gasteiger partial charge in [-0.1, -0.05) is 36.4 Å². The molecule has 0 fully saturated rings. The van der Waals surface area contributed by atoms with Crippen LogP contribution < -0.4 is 16.6 Å². The van der Waals surface area contributed by atoms with Crippen LogP contribution in [0.2, 0.25) is 0 Å². The minimum atomic E-state index is -4.83. The third kappa shape index (κ3) is 6.84. The number of halogens is 5. The zero-order chi connectivity index (χ0) is 27.3. The van der Waals surface area contributed by atoms with Crippen LogP contribution >= 0.6 is 15.9 Å². The number of nitrogens with zero attached hydrogens (tertiary/aromatic N) is 2. The molecule has 3 aromatic rings. The smallest absolute Gasteiger partial charge is 0.308 e. The van der Waals surface area contributed by atoms with Gasteiger partial charge in [0, 0.05) is 17.7 Å². The number of hydrogen-bond acceptors (Lipinski definition) is 4. The van der Waals surface area contributed by atoms with Crippen molar-refractivity contribution in [1.82, 2.24) is 14.5 Å². The lowest BCUT2D eigenvalue weighted by molar-refractivity contribution is -0.138. The molecule has 0 aliphatic carbocycles. The van der Waals surface area contributed by atoms with E-state index in [9.17, 15) is 31.9 Å². The van der Waals surface area contributed by atoms with Gasteiger partial charge in [0.25, 0.3) is 5.56 Å². The number of nitrogens with one attached hydrogen (secondary N) is 1. The van der Waals surface area contributed by atoms with Gasteiger partial charge in [-0.3, -0.25) is 13.9 Å². The molecule has 0 saturated carbocycles. The highest BCUT2D eigenvalue weighted by atomic mass is 79.9. The van der Waals surface area contributed by atoms with Gasteiger partial charge in [0.1, 0.15) is 16.1 Å². The maximum Gasteiger partial charge on any atom is 0.416 e. The maximum atomic E-state index is 14.5. The fourth-order valence-corrected chi connectivity index (χ4v) is 4.46. The van der Waals surface area contributed by atoms with Gasteiger partial charge < -0.3 is 10.1 Å². The predicted octanol–water partition coefficient (Wildman–Crippen LogP) is 4.99. The minimum Gasteiger partial charge on any atom is -0.308 e. The molecule has 1 unspecified atom stereocenters. The first-order valence-corrected chi connectivity index (χ1v) is 12.3. The third-order valence-electron chi connectivity index (χ3n) is 6.02. The lowest BCUT2D eigenvalue weighted by Gasteiger charge is -2.22. The highest BCUT2D eigenvalue weighted by Crippen LogP contribution is 2.33. The van der Waals surface area contributed by atoms with Gasteiger partial charge in [-0.15, -0.1) is 0 Å². The summed E-state index contributed by atoms with van der Waals surface area (Å²) in [5.41, 5.74) is -2.56. The van der Waals surface area contributed by atoms with Gasteiger partial charge in [0.05, 0.1) is 24.7 Å². The summed E-state index contributed by atoms with van der Waals surface area (Å²) in [5, 5.41) is 3.25. The highest BCUT2D eigenvalue weighted by Gasteiger charge is 2.35. The average Bonchev–Trinajstić information content (AvgIpc) is 2.85. The van der Waals surface area contributed by atoms with E-state index in [1.165, 1.54) is 13.8 Å². The molecule has 1 N–H and O–H groups in total. The lowest BCUT2D eigenvalue weighted by atomic mass is 10.1. The summed E-state index contributed by atoms with van der Waals surface area (Å²) in [6, 6.07) is 11.1. The van der Waals surface area contributed by atoms with Crippen molar-refractivity contribution in [3.05, 3.63) is 102 Å². The molecule has 198 valence electrons. The number of rotatable bonds is 10. The van der Waals surface area contributed by atoms with E-state index >= 15 is 0 Å². The Kier molecular flexibility index (Phi) is 9.25. The van der Waals surface area contributed by atoms with E-state index in [1.807, 2.05) is 18.2 Å². The van der Waals surface area contributed by atoms with E-state index in [1.54, 1.807) is 12.1 Å². The number of ketones is 1. The summed E-state index contributed by atoms with van der Waals surface area (Å²) in [4.78, 5) is 37.8. The summed E-state index contributed by atoms with van der Waals surface area (Å²) in [7, 11) is 0. The standard InChI is InChI=1S/C26H26BrF4N3O3/c1-16(35)8-7-13-32-22(18-9-4-3-5-10-18)15-34-24(36)23(27)17(2)33(25(34)37)14-19-20(26(29,30)31)11-6-12-21(19)28/h3-6,9-12,22,32H,7-8,13-15H2,1-2H3. The van der Waals surface area contributed by atoms with E-state index in [4.69, 9.17) is 0 Å². The molecule has 1 aromatic heterocycles. The Labute approximate surface area is 219 Å². The monoisotopic (exact) mass is 583 g/mol. The summed E-state index contributed by atoms with van der Waals surface area (Å²) in [6.45, 7) is 2.47. The Hall–Kier alpha value is -3.05. The van der Waals surface area contributed by atoms with Crippen LogP contribution in [0, 0.1) is 12.7 Å². The Balaban J connectivity index is 2.06. The summed E-state index contributed by atoms with van der Waals surface area (Å²) in [6.07, 6.45) is -3.92. The second-order valence-electron chi connectivity index (χ2n) is 8.67. The molecule has 3 rings (SSSR count). The number of Topliss-reactive ketones (excluding diaryl/α,β-unsaturated/α-hetero) is 1. The predicted molar refractivity (Wildman–Crippen MR) is 135 cm³/mol. The molecule has 0 bridgehead atoms. The van der Waals surface area contributed by atoms with E-state index < -0.39 is 47.0 Å². The SMILES string of the molecule is CC(=O)CCCNC(Cn1c(=O)c(Br)c(C)n(Cc2c(F)cccc2C(F)(F)F)c1=O)c1ccccc1. The largest absolute Gasteiger partial charge is 0.416 e. The first-order chi connectivity index (χ1) is 17.4. The number of aromatic nitrogens is 2. The molecular weight excluding hydrogens is 558 g/mol. The van der Waals surface area contributed by atoms with Crippen molar-refractivity contribution in [1.29, 1.82) is 0 Å². The molecule has 37 heavy (non-hydrogen) atoms. The van der Waals surface area contributed by atoms with Crippen molar-refractivity contribution in [3.63, 3.8) is 0 Å². The number of carbonyl (C=O) groups excluding carboxylic acids is 1. The summed E-state index contributed by atoms with van der Waals surface area (Å²) in [5.74, 6) is -1.07.